The van der Waals surface area contributed by atoms with Crippen LogP contribution >= 0.6 is 0 Å². The van der Waals surface area contributed by atoms with Crippen molar-refractivity contribution in [3.8, 4) is 11.6 Å². The average molecular weight is 365 g/mol. The monoisotopic (exact) mass is 365 g/mol. The Morgan fingerprint density at radius 2 is 1.78 bits per heavy atom. The summed E-state index contributed by atoms with van der Waals surface area (Å²) in [6.45, 7) is 0. The van der Waals surface area contributed by atoms with E-state index >= 15 is 0 Å². The SMILES string of the molecule is NC(=O)C(=O)C(Cc1ccccc1)NC(=O)c1cnoc1-c1ncccn1. The minimum atomic E-state index is -1.13. The molecule has 0 aliphatic rings. The van der Waals surface area contributed by atoms with Gasteiger partial charge in [0.1, 0.15) is 11.6 Å². The van der Waals surface area contributed by atoms with E-state index in [0.29, 0.717) is 0 Å². The molecule has 0 radical (unpaired) electrons. The summed E-state index contributed by atoms with van der Waals surface area (Å²) in [6, 6.07) is 9.42. The normalized spacial score (nSPS) is 11.6. The highest BCUT2D eigenvalue weighted by Gasteiger charge is 2.28. The first-order valence-corrected chi connectivity index (χ1v) is 7.96. The molecule has 0 aliphatic heterocycles. The van der Waals surface area contributed by atoms with Crippen molar-refractivity contribution in [1.29, 1.82) is 0 Å². The number of carbonyl (C=O) groups excluding carboxylic acids is 3. The van der Waals surface area contributed by atoms with Crippen molar-refractivity contribution in [2.45, 2.75) is 12.5 Å². The van der Waals surface area contributed by atoms with E-state index in [4.69, 9.17) is 10.3 Å². The Balaban J connectivity index is 1.84. The second kappa shape index (κ2) is 8.00. The molecule has 1 atom stereocenters. The van der Waals surface area contributed by atoms with Crippen LogP contribution in [0.3, 0.4) is 0 Å². The maximum Gasteiger partial charge on any atom is 0.287 e. The third-order valence-corrected chi connectivity index (χ3v) is 3.73. The number of rotatable bonds is 7. The summed E-state index contributed by atoms with van der Waals surface area (Å²) in [5.74, 6) is -2.47. The van der Waals surface area contributed by atoms with Gasteiger partial charge >= 0.3 is 0 Å². The van der Waals surface area contributed by atoms with Crippen molar-refractivity contribution in [3.63, 3.8) is 0 Å². The number of nitrogens with two attached hydrogens (primary N) is 1. The standard InChI is InChI=1S/C18H15N5O4/c19-16(25)14(24)13(9-11-5-2-1-3-6-11)23-18(26)12-10-22-27-15(12)17-20-7-4-8-21-17/h1-8,10,13H,9H2,(H2,19,25)(H,23,26). The summed E-state index contributed by atoms with van der Waals surface area (Å²) < 4.78 is 5.07. The Labute approximate surface area is 153 Å². The van der Waals surface area contributed by atoms with E-state index in [0.717, 1.165) is 5.56 Å². The van der Waals surface area contributed by atoms with E-state index in [1.54, 1.807) is 30.3 Å². The van der Waals surface area contributed by atoms with E-state index in [2.05, 4.69) is 20.4 Å². The van der Waals surface area contributed by atoms with Crippen molar-refractivity contribution in [2.75, 3.05) is 0 Å². The highest BCUT2D eigenvalue weighted by atomic mass is 16.5. The van der Waals surface area contributed by atoms with Gasteiger partial charge in [-0.15, -0.1) is 0 Å². The predicted octanol–water partition coefficient (Wildman–Crippen LogP) is 0.527. The minimum absolute atomic E-state index is 0.0385. The van der Waals surface area contributed by atoms with E-state index in [-0.39, 0.29) is 23.6 Å². The van der Waals surface area contributed by atoms with E-state index in [1.807, 2.05) is 6.07 Å². The van der Waals surface area contributed by atoms with Crippen LogP contribution in [-0.2, 0) is 16.0 Å². The molecule has 0 bridgehead atoms. The fourth-order valence-corrected chi connectivity index (χ4v) is 2.45. The fourth-order valence-electron chi connectivity index (χ4n) is 2.45. The third-order valence-electron chi connectivity index (χ3n) is 3.73. The Morgan fingerprint density at radius 1 is 1.07 bits per heavy atom. The molecule has 2 heterocycles. The van der Waals surface area contributed by atoms with E-state index in [9.17, 15) is 14.4 Å². The molecule has 0 saturated carbocycles. The molecule has 9 heteroatoms. The number of hydrogen-bond acceptors (Lipinski definition) is 7. The van der Waals surface area contributed by atoms with Gasteiger partial charge in [-0.3, -0.25) is 14.4 Å². The highest BCUT2D eigenvalue weighted by Crippen LogP contribution is 2.19. The molecule has 0 fully saturated rings. The van der Waals surface area contributed by atoms with Crippen LogP contribution in [0.1, 0.15) is 15.9 Å². The van der Waals surface area contributed by atoms with Crippen LogP contribution in [-0.4, -0.2) is 38.8 Å². The zero-order chi connectivity index (χ0) is 19.2. The first-order chi connectivity index (χ1) is 13.1. The molecule has 2 aromatic heterocycles. The fraction of sp³-hybridized carbons (Fsp3) is 0.111. The Bertz CT molecular complexity index is 956. The number of aromatic nitrogens is 3. The van der Waals surface area contributed by atoms with Gasteiger partial charge in [-0.25, -0.2) is 9.97 Å². The number of nitrogens with zero attached hydrogens (tertiary/aromatic N) is 3. The molecule has 1 aromatic carbocycles. The summed E-state index contributed by atoms with van der Waals surface area (Å²) >= 11 is 0. The second-order valence-electron chi connectivity index (χ2n) is 5.59. The summed E-state index contributed by atoms with van der Waals surface area (Å²) in [5, 5.41) is 6.11. The number of amides is 2. The number of nitrogens with one attached hydrogen (secondary N) is 1. The van der Waals surface area contributed by atoms with Crippen LogP contribution in [0.15, 0.2) is 59.5 Å². The third kappa shape index (κ3) is 4.21. The topological polar surface area (TPSA) is 141 Å². The van der Waals surface area contributed by atoms with E-state index in [1.165, 1.54) is 18.6 Å². The van der Waals surface area contributed by atoms with Crippen molar-refractivity contribution in [1.82, 2.24) is 20.4 Å². The van der Waals surface area contributed by atoms with Crippen LogP contribution in [0.4, 0.5) is 0 Å². The zero-order valence-corrected chi connectivity index (χ0v) is 14.0. The quantitative estimate of drug-likeness (QED) is 0.582. The molecule has 0 spiro atoms. The van der Waals surface area contributed by atoms with Crippen LogP contribution in [0, 0.1) is 0 Å². The van der Waals surface area contributed by atoms with Gasteiger partial charge < -0.3 is 15.6 Å². The molecule has 3 N–H and O–H groups in total. The lowest BCUT2D eigenvalue weighted by atomic mass is 10.0. The lowest BCUT2D eigenvalue weighted by Crippen LogP contribution is -2.47. The first-order valence-electron chi connectivity index (χ1n) is 7.96. The molecule has 9 nitrogen and oxygen atoms in total. The van der Waals surface area contributed by atoms with Gasteiger partial charge in [0, 0.05) is 18.8 Å². The number of Topliss-reactive ketones (excluding diaryl/α,β-unsaturated/α-hetero) is 1. The van der Waals surface area contributed by atoms with Crippen molar-refractivity contribution in [2.24, 2.45) is 5.73 Å². The maximum absolute atomic E-state index is 12.7. The number of ketones is 1. The number of primary amides is 1. The van der Waals surface area contributed by atoms with Crippen LogP contribution in [0.5, 0.6) is 0 Å². The molecular weight excluding hydrogens is 350 g/mol. The maximum atomic E-state index is 12.7. The Hall–Kier alpha value is -3.88. The molecule has 27 heavy (non-hydrogen) atoms. The summed E-state index contributed by atoms with van der Waals surface area (Å²) in [4.78, 5) is 44.2. The van der Waals surface area contributed by atoms with Crippen LogP contribution in [0.2, 0.25) is 0 Å². The van der Waals surface area contributed by atoms with E-state index < -0.39 is 23.6 Å². The van der Waals surface area contributed by atoms with Gasteiger partial charge in [-0.05, 0) is 11.6 Å². The molecule has 136 valence electrons. The molecule has 3 aromatic rings. The lowest BCUT2D eigenvalue weighted by Gasteiger charge is -2.16. The van der Waals surface area contributed by atoms with Crippen molar-refractivity contribution in [3.05, 3.63) is 66.1 Å². The minimum Gasteiger partial charge on any atom is -0.363 e. The average Bonchev–Trinajstić information content (AvgIpc) is 3.18. The first kappa shape index (κ1) is 17.9. The van der Waals surface area contributed by atoms with Gasteiger partial charge in [-0.2, -0.15) is 0 Å². The van der Waals surface area contributed by atoms with Crippen molar-refractivity contribution < 1.29 is 18.9 Å². The largest absolute Gasteiger partial charge is 0.363 e. The second-order valence-corrected chi connectivity index (χ2v) is 5.59. The van der Waals surface area contributed by atoms with Gasteiger partial charge in [0.15, 0.2) is 5.82 Å². The Morgan fingerprint density at radius 3 is 2.44 bits per heavy atom. The van der Waals surface area contributed by atoms with Gasteiger partial charge in [-0.1, -0.05) is 35.5 Å². The van der Waals surface area contributed by atoms with Crippen LogP contribution < -0.4 is 11.1 Å². The smallest absolute Gasteiger partial charge is 0.287 e. The number of benzene rings is 1. The van der Waals surface area contributed by atoms with Gasteiger partial charge in [0.05, 0.1) is 6.20 Å². The summed E-state index contributed by atoms with van der Waals surface area (Å²) in [6.07, 6.45) is 4.27. The zero-order valence-electron chi connectivity index (χ0n) is 14.0. The number of carbonyl (C=O) groups is 3. The Kier molecular flexibility index (Phi) is 5.31. The highest BCUT2D eigenvalue weighted by molar-refractivity contribution is 6.38. The number of hydrogen-bond donors (Lipinski definition) is 2. The van der Waals surface area contributed by atoms with Crippen molar-refractivity contribution >= 4 is 17.6 Å². The molecule has 3 rings (SSSR count). The molecule has 0 aliphatic carbocycles. The predicted molar refractivity (Wildman–Crippen MR) is 93.1 cm³/mol. The van der Waals surface area contributed by atoms with Crippen LogP contribution in [0.25, 0.3) is 11.6 Å². The summed E-state index contributed by atoms with van der Waals surface area (Å²) in [5.41, 5.74) is 5.91. The molecule has 1 unspecified atom stereocenters. The molecule has 2 amide bonds. The van der Waals surface area contributed by atoms with Gasteiger partial charge in [0.25, 0.3) is 11.8 Å². The molecule has 0 saturated heterocycles. The molecular formula is C18H15N5O4. The lowest BCUT2D eigenvalue weighted by molar-refractivity contribution is -0.137. The van der Waals surface area contributed by atoms with Gasteiger partial charge in [0.2, 0.25) is 11.5 Å². The summed E-state index contributed by atoms with van der Waals surface area (Å²) in [7, 11) is 0.